The van der Waals surface area contributed by atoms with Crippen molar-refractivity contribution in [2.45, 2.75) is 50.5 Å². The number of carbonyl (C=O) groups is 3. The molecule has 1 aliphatic carbocycles. The first-order valence-corrected chi connectivity index (χ1v) is 8.00. The Labute approximate surface area is 134 Å². The van der Waals surface area contributed by atoms with Gasteiger partial charge in [-0.2, -0.15) is 0 Å². The van der Waals surface area contributed by atoms with E-state index in [4.69, 9.17) is 5.11 Å². The summed E-state index contributed by atoms with van der Waals surface area (Å²) in [6, 6.07) is 0. The Morgan fingerprint density at radius 3 is 2.48 bits per heavy atom. The average molecular weight is 325 g/mol. The predicted octanol–water partition coefficient (Wildman–Crippen LogP) is 1.31. The van der Waals surface area contributed by atoms with E-state index in [9.17, 15) is 19.5 Å². The number of carboxylic acid groups (broad SMARTS) is 2. The number of carbonyl (C=O) groups excluding carboxylic acids is 1. The van der Waals surface area contributed by atoms with Crippen molar-refractivity contribution in [1.82, 2.24) is 10.2 Å². The summed E-state index contributed by atoms with van der Waals surface area (Å²) in [6.45, 7) is 0.172. The lowest BCUT2D eigenvalue weighted by molar-refractivity contribution is -0.161. The summed E-state index contributed by atoms with van der Waals surface area (Å²) >= 11 is 0. The number of hydrogen-bond donors (Lipinski definition) is 3. The van der Waals surface area contributed by atoms with Gasteiger partial charge >= 0.3 is 12.1 Å². The zero-order chi connectivity index (χ0) is 16.9. The summed E-state index contributed by atoms with van der Waals surface area (Å²) in [5.74, 6) is -1.30. The predicted molar refractivity (Wildman–Crippen MR) is 82.4 cm³/mol. The topological polar surface area (TPSA) is 119 Å². The van der Waals surface area contributed by atoms with Crippen molar-refractivity contribution in [1.29, 1.82) is 0 Å². The van der Waals surface area contributed by atoms with Gasteiger partial charge in [-0.1, -0.05) is 19.3 Å². The molecule has 0 aromatic heterocycles. The Balaban J connectivity index is 2.11. The van der Waals surface area contributed by atoms with E-state index in [0.29, 0.717) is 19.4 Å². The summed E-state index contributed by atoms with van der Waals surface area (Å²) in [4.78, 5) is 40.0. The van der Waals surface area contributed by atoms with Crippen LogP contribution in [0.15, 0.2) is 4.99 Å². The second kappa shape index (κ2) is 7.43. The summed E-state index contributed by atoms with van der Waals surface area (Å²) in [5, 5.41) is 20.2. The Kier molecular flexibility index (Phi) is 5.57. The largest absolute Gasteiger partial charge is 0.479 e. The van der Waals surface area contributed by atoms with Crippen molar-refractivity contribution < 1.29 is 24.6 Å². The normalized spacial score (nSPS) is 25.7. The molecule has 2 amide bonds. The van der Waals surface area contributed by atoms with Gasteiger partial charge in [-0.25, -0.2) is 9.59 Å². The van der Waals surface area contributed by atoms with Crippen LogP contribution in [0.4, 0.5) is 4.79 Å². The van der Waals surface area contributed by atoms with E-state index in [1.54, 1.807) is 0 Å². The third-order valence-corrected chi connectivity index (χ3v) is 4.88. The second-order valence-electron chi connectivity index (χ2n) is 6.13. The minimum atomic E-state index is -1.26. The fraction of sp³-hybridized carbons (Fsp3) is 0.733. The molecule has 1 saturated heterocycles. The molecule has 2 fully saturated rings. The van der Waals surface area contributed by atoms with E-state index in [0.717, 1.165) is 38.4 Å². The molecule has 1 saturated carbocycles. The number of aliphatic imine (C=N–C) groups is 1. The van der Waals surface area contributed by atoms with Crippen molar-refractivity contribution >= 4 is 24.3 Å². The van der Waals surface area contributed by atoms with Gasteiger partial charge < -0.3 is 15.1 Å². The highest BCUT2D eigenvalue weighted by Crippen LogP contribution is 2.43. The molecule has 0 spiro atoms. The van der Waals surface area contributed by atoms with E-state index in [1.807, 2.05) is 5.32 Å². The van der Waals surface area contributed by atoms with Crippen molar-refractivity contribution in [2.24, 2.45) is 10.9 Å². The van der Waals surface area contributed by atoms with Gasteiger partial charge in [0.25, 0.3) is 0 Å². The number of amides is 2. The first-order valence-electron chi connectivity index (χ1n) is 8.00. The molecule has 8 heteroatoms. The maximum Gasteiger partial charge on any atom is 0.409 e. The van der Waals surface area contributed by atoms with Gasteiger partial charge in [0.1, 0.15) is 12.1 Å². The Hall–Kier alpha value is -2.12. The molecule has 128 valence electrons. The maximum atomic E-state index is 12.4. The Morgan fingerprint density at radius 2 is 1.87 bits per heavy atom. The van der Waals surface area contributed by atoms with Crippen molar-refractivity contribution in [2.75, 3.05) is 13.1 Å². The van der Waals surface area contributed by atoms with Gasteiger partial charge in [0, 0.05) is 6.54 Å². The zero-order valence-electron chi connectivity index (χ0n) is 13.0. The number of carboxylic acids is 1. The molecular weight excluding hydrogens is 302 g/mol. The van der Waals surface area contributed by atoms with Gasteiger partial charge in [0.2, 0.25) is 5.91 Å². The first kappa shape index (κ1) is 17.2. The molecule has 2 rings (SSSR count). The van der Waals surface area contributed by atoms with Crippen LogP contribution in [-0.4, -0.2) is 58.0 Å². The molecule has 1 heterocycles. The molecule has 2 aliphatic rings. The van der Waals surface area contributed by atoms with Crippen LogP contribution in [0.1, 0.15) is 44.9 Å². The monoisotopic (exact) mass is 325 g/mol. The highest BCUT2D eigenvalue weighted by molar-refractivity contribution is 5.90. The van der Waals surface area contributed by atoms with Crippen molar-refractivity contribution in [3.63, 3.8) is 0 Å². The van der Waals surface area contributed by atoms with Crippen molar-refractivity contribution in [3.8, 4) is 0 Å². The SMILES string of the molecule is O=C(O)NC=NCC(=O)N1CCC[C@]1(C(=O)O)C1CCCCC1. The van der Waals surface area contributed by atoms with Gasteiger partial charge in [-0.15, -0.1) is 0 Å². The molecule has 1 aliphatic heterocycles. The van der Waals surface area contributed by atoms with Gasteiger partial charge in [0.05, 0.1) is 6.34 Å². The number of likely N-dealkylation sites (tertiary alicyclic amines) is 1. The van der Waals surface area contributed by atoms with Crippen LogP contribution >= 0.6 is 0 Å². The van der Waals surface area contributed by atoms with Crippen LogP contribution in [0.25, 0.3) is 0 Å². The molecule has 0 radical (unpaired) electrons. The second-order valence-corrected chi connectivity index (χ2v) is 6.13. The van der Waals surface area contributed by atoms with E-state index >= 15 is 0 Å². The minimum absolute atomic E-state index is 0.0127. The van der Waals surface area contributed by atoms with Crippen LogP contribution in [-0.2, 0) is 9.59 Å². The molecular formula is C15H23N3O5. The molecule has 0 bridgehead atoms. The van der Waals surface area contributed by atoms with Crippen molar-refractivity contribution in [3.05, 3.63) is 0 Å². The molecule has 3 N–H and O–H groups in total. The molecule has 0 aromatic rings. The molecule has 8 nitrogen and oxygen atoms in total. The Bertz CT molecular complexity index is 501. The lowest BCUT2D eigenvalue weighted by atomic mass is 9.73. The molecule has 23 heavy (non-hydrogen) atoms. The highest BCUT2D eigenvalue weighted by atomic mass is 16.4. The first-order chi connectivity index (χ1) is 11.0. The van der Waals surface area contributed by atoms with E-state index in [1.165, 1.54) is 4.90 Å². The minimum Gasteiger partial charge on any atom is -0.479 e. The standard InChI is InChI=1S/C15H23N3O5/c19-12(9-16-10-17-14(22)23)18-8-4-7-15(18,13(20)21)11-5-2-1-3-6-11/h10-11H,1-9H2,(H,16,17)(H,20,21)(H,22,23)/t15-/m1/s1. The number of rotatable bonds is 5. The van der Waals surface area contributed by atoms with Gasteiger partial charge in [0.15, 0.2) is 0 Å². The van der Waals surface area contributed by atoms with Gasteiger partial charge in [-0.05, 0) is 31.6 Å². The van der Waals surface area contributed by atoms with Gasteiger partial charge in [-0.3, -0.25) is 15.1 Å². The average Bonchev–Trinajstić information content (AvgIpc) is 2.98. The van der Waals surface area contributed by atoms with E-state index in [2.05, 4.69) is 4.99 Å². The smallest absolute Gasteiger partial charge is 0.409 e. The number of aliphatic carboxylic acids is 1. The third-order valence-electron chi connectivity index (χ3n) is 4.88. The summed E-state index contributed by atoms with van der Waals surface area (Å²) in [6.07, 6.45) is 5.63. The lowest BCUT2D eigenvalue weighted by Gasteiger charge is -2.42. The molecule has 0 unspecified atom stereocenters. The fourth-order valence-corrected chi connectivity index (χ4v) is 3.90. The molecule has 0 aromatic carbocycles. The Morgan fingerprint density at radius 1 is 1.17 bits per heavy atom. The number of nitrogens with zero attached hydrogens (tertiary/aromatic N) is 2. The molecule has 1 atom stereocenters. The van der Waals surface area contributed by atoms with Crippen LogP contribution in [0, 0.1) is 5.92 Å². The number of nitrogens with one attached hydrogen (secondary N) is 1. The quantitative estimate of drug-likeness (QED) is 0.520. The third kappa shape index (κ3) is 3.62. The summed E-state index contributed by atoms with van der Waals surface area (Å²) in [5.41, 5.74) is -1.12. The fourth-order valence-electron chi connectivity index (χ4n) is 3.90. The van der Waals surface area contributed by atoms with E-state index < -0.39 is 17.6 Å². The summed E-state index contributed by atoms with van der Waals surface area (Å²) < 4.78 is 0. The number of hydrogen-bond acceptors (Lipinski definition) is 4. The van der Waals surface area contributed by atoms with E-state index in [-0.39, 0.29) is 18.4 Å². The van der Waals surface area contributed by atoms with Crippen LogP contribution in [0.2, 0.25) is 0 Å². The zero-order valence-corrected chi connectivity index (χ0v) is 13.0. The highest BCUT2D eigenvalue weighted by Gasteiger charge is 2.54. The van der Waals surface area contributed by atoms with Crippen LogP contribution < -0.4 is 5.32 Å². The maximum absolute atomic E-state index is 12.4. The van der Waals surface area contributed by atoms with Crippen LogP contribution in [0.3, 0.4) is 0 Å². The van der Waals surface area contributed by atoms with Crippen LogP contribution in [0.5, 0.6) is 0 Å². The summed E-state index contributed by atoms with van der Waals surface area (Å²) in [7, 11) is 0. The lowest BCUT2D eigenvalue weighted by Crippen LogP contribution is -2.58.